The van der Waals surface area contributed by atoms with Crippen LogP contribution in [0.2, 0.25) is 0 Å². The Labute approximate surface area is 177 Å². The average Bonchev–Trinajstić information content (AvgIpc) is 3.04. The van der Waals surface area contributed by atoms with Crippen molar-refractivity contribution in [2.75, 3.05) is 0 Å². The molecule has 4 unspecified atom stereocenters. The number of rotatable bonds is 7. The van der Waals surface area contributed by atoms with Crippen molar-refractivity contribution in [2.24, 2.45) is 40.4 Å². The summed E-state index contributed by atoms with van der Waals surface area (Å²) in [5, 5.41) is 9.09. The zero-order valence-electron chi connectivity index (χ0n) is 19.1. The molecular formula is C26H42O3. The number of carbonyl (C=O) groups excluding carboxylic acids is 1. The molecular weight excluding hydrogens is 360 g/mol. The standard InChI is InChI=1S/C26H42O3/c1-5-19(17-27)23-8-6-7-14-25(23,3)21-13-15-26(4)20(16-21)10-11-22(26)18(2)9-12-24(28)29/h18,20-23H,5-16H2,1-4H3,(H,28,29)/t18-,20?,21?,22?,23?,25-,26+/m1/s1. The maximum absolute atomic E-state index is 11.7. The van der Waals surface area contributed by atoms with Crippen LogP contribution >= 0.6 is 0 Å². The van der Waals surface area contributed by atoms with E-state index in [4.69, 9.17) is 5.11 Å². The highest BCUT2D eigenvalue weighted by Crippen LogP contribution is 2.63. The van der Waals surface area contributed by atoms with Crippen molar-refractivity contribution in [3.05, 3.63) is 5.57 Å². The Morgan fingerprint density at radius 2 is 1.79 bits per heavy atom. The van der Waals surface area contributed by atoms with E-state index in [1.54, 1.807) is 0 Å². The van der Waals surface area contributed by atoms with Crippen molar-refractivity contribution >= 4 is 11.9 Å². The quantitative estimate of drug-likeness (QED) is 0.483. The maximum Gasteiger partial charge on any atom is 0.303 e. The van der Waals surface area contributed by atoms with Gasteiger partial charge in [-0.25, -0.2) is 4.79 Å². The smallest absolute Gasteiger partial charge is 0.303 e. The minimum absolute atomic E-state index is 0.259. The first-order chi connectivity index (χ1) is 13.8. The topological polar surface area (TPSA) is 54.4 Å². The molecule has 7 atom stereocenters. The predicted molar refractivity (Wildman–Crippen MR) is 117 cm³/mol. The van der Waals surface area contributed by atoms with Crippen LogP contribution in [-0.2, 0) is 9.59 Å². The van der Waals surface area contributed by atoms with Gasteiger partial charge in [-0.1, -0.05) is 40.5 Å². The molecule has 0 radical (unpaired) electrons. The molecule has 3 rings (SSSR count). The molecule has 0 aliphatic heterocycles. The molecule has 0 aromatic heterocycles. The van der Waals surface area contributed by atoms with E-state index in [0.717, 1.165) is 24.3 Å². The van der Waals surface area contributed by atoms with Crippen molar-refractivity contribution in [1.82, 2.24) is 0 Å². The van der Waals surface area contributed by atoms with E-state index in [2.05, 4.69) is 33.6 Å². The highest BCUT2D eigenvalue weighted by atomic mass is 16.4. The molecule has 3 aliphatic rings. The van der Waals surface area contributed by atoms with E-state index in [-0.39, 0.29) is 5.41 Å². The van der Waals surface area contributed by atoms with Crippen molar-refractivity contribution in [2.45, 2.75) is 105 Å². The monoisotopic (exact) mass is 402 g/mol. The van der Waals surface area contributed by atoms with Crippen LogP contribution in [0.4, 0.5) is 0 Å². The second-order valence-corrected chi connectivity index (χ2v) is 11.1. The fourth-order valence-corrected chi connectivity index (χ4v) is 7.96. The molecule has 0 bridgehead atoms. The summed E-state index contributed by atoms with van der Waals surface area (Å²) in [4.78, 5) is 22.7. The fourth-order valence-electron chi connectivity index (χ4n) is 7.96. The largest absolute Gasteiger partial charge is 0.481 e. The number of fused-ring (bicyclic) bond motifs is 1. The zero-order chi connectivity index (χ0) is 21.2. The minimum atomic E-state index is -0.661. The van der Waals surface area contributed by atoms with E-state index in [0.29, 0.717) is 35.5 Å². The molecule has 0 aromatic carbocycles. The molecule has 0 saturated heterocycles. The Morgan fingerprint density at radius 1 is 1.07 bits per heavy atom. The van der Waals surface area contributed by atoms with Gasteiger partial charge in [0.25, 0.3) is 0 Å². The van der Waals surface area contributed by atoms with Gasteiger partial charge in [-0.3, -0.25) is 4.79 Å². The summed E-state index contributed by atoms with van der Waals surface area (Å²) in [6.07, 6.45) is 13.4. The SMILES string of the molecule is CCC(=C=O)C1CCCC[C@]1(C)C1CC[C@@]2(C)C(CCC2[C@H](C)CCC(=O)O)C1. The number of carboxylic acid groups (broad SMARTS) is 1. The fraction of sp³-hybridized carbons (Fsp3) is 0.885. The number of allylic oxidation sites excluding steroid dienone is 1. The second kappa shape index (κ2) is 8.96. The van der Waals surface area contributed by atoms with E-state index in [9.17, 15) is 9.59 Å². The summed E-state index contributed by atoms with van der Waals surface area (Å²) in [5.41, 5.74) is 1.67. The average molecular weight is 403 g/mol. The van der Waals surface area contributed by atoms with E-state index in [1.165, 1.54) is 57.8 Å². The molecule has 29 heavy (non-hydrogen) atoms. The first-order valence-electron chi connectivity index (χ1n) is 12.2. The van der Waals surface area contributed by atoms with Crippen LogP contribution in [0.3, 0.4) is 0 Å². The lowest BCUT2D eigenvalue weighted by atomic mass is 9.51. The van der Waals surface area contributed by atoms with E-state index >= 15 is 0 Å². The van der Waals surface area contributed by atoms with Crippen LogP contribution in [0.15, 0.2) is 5.57 Å². The van der Waals surface area contributed by atoms with Crippen LogP contribution in [0, 0.1) is 40.4 Å². The van der Waals surface area contributed by atoms with Crippen LogP contribution in [0.5, 0.6) is 0 Å². The Hall–Kier alpha value is -1.08. The molecule has 3 saturated carbocycles. The Bertz CT molecular complexity index is 648. The lowest BCUT2D eigenvalue weighted by Crippen LogP contribution is -2.45. The highest BCUT2D eigenvalue weighted by Gasteiger charge is 2.54. The number of carbonyl (C=O) groups is 1. The third kappa shape index (κ3) is 4.22. The van der Waals surface area contributed by atoms with Crippen molar-refractivity contribution < 1.29 is 14.7 Å². The van der Waals surface area contributed by atoms with Crippen LogP contribution in [-0.4, -0.2) is 17.0 Å². The summed E-state index contributed by atoms with van der Waals surface area (Å²) >= 11 is 0. The third-order valence-electron chi connectivity index (χ3n) is 9.83. The number of carboxylic acids is 1. The summed E-state index contributed by atoms with van der Waals surface area (Å²) < 4.78 is 0. The van der Waals surface area contributed by atoms with Crippen LogP contribution in [0.1, 0.15) is 105 Å². The summed E-state index contributed by atoms with van der Waals surface area (Å²) in [6.45, 7) is 9.40. The van der Waals surface area contributed by atoms with Gasteiger partial charge in [0.05, 0.1) is 0 Å². The summed E-state index contributed by atoms with van der Waals surface area (Å²) in [7, 11) is 0. The van der Waals surface area contributed by atoms with Gasteiger partial charge >= 0.3 is 5.97 Å². The van der Waals surface area contributed by atoms with Gasteiger partial charge in [0.15, 0.2) is 0 Å². The second-order valence-electron chi connectivity index (χ2n) is 11.1. The molecule has 3 aliphatic carbocycles. The van der Waals surface area contributed by atoms with Gasteiger partial charge < -0.3 is 5.11 Å². The van der Waals surface area contributed by atoms with Crippen LogP contribution < -0.4 is 0 Å². The van der Waals surface area contributed by atoms with Crippen molar-refractivity contribution in [1.29, 1.82) is 0 Å². The van der Waals surface area contributed by atoms with Crippen molar-refractivity contribution in [3.8, 4) is 0 Å². The van der Waals surface area contributed by atoms with Crippen molar-refractivity contribution in [3.63, 3.8) is 0 Å². The number of aliphatic carboxylic acids is 1. The minimum Gasteiger partial charge on any atom is -0.481 e. The van der Waals surface area contributed by atoms with Gasteiger partial charge in [-0.05, 0) is 98.2 Å². The molecule has 3 heteroatoms. The zero-order valence-corrected chi connectivity index (χ0v) is 19.1. The van der Waals surface area contributed by atoms with E-state index in [1.807, 2.05) is 0 Å². The van der Waals surface area contributed by atoms with E-state index < -0.39 is 5.97 Å². The molecule has 0 aromatic rings. The Morgan fingerprint density at radius 3 is 2.45 bits per heavy atom. The van der Waals surface area contributed by atoms with Gasteiger partial charge in [-0.15, -0.1) is 0 Å². The molecule has 3 nitrogen and oxygen atoms in total. The normalized spacial score (nSPS) is 40.7. The van der Waals surface area contributed by atoms with Crippen LogP contribution in [0.25, 0.3) is 0 Å². The Kier molecular flexibility index (Phi) is 6.99. The molecule has 0 heterocycles. The molecule has 0 amide bonds. The summed E-state index contributed by atoms with van der Waals surface area (Å²) in [5.74, 6) is 4.76. The van der Waals surface area contributed by atoms with Gasteiger partial charge in [-0.2, -0.15) is 0 Å². The molecule has 0 spiro atoms. The van der Waals surface area contributed by atoms with Gasteiger partial charge in [0, 0.05) is 12.0 Å². The predicted octanol–water partition coefficient (Wildman–Crippen LogP) is 6.68. The lowest BCUT2D eigenvalue weighted by molar-refractivity contribution is -0.137. The first kappa shape index (κ1) is 22.6. The first-order valence-corrected chi connectivity index (χ1v) is 12.2. The molecule has 164 valence electrons. The summed E-state index contributed by atoms with van der Waals surface area (Å²) in [6, 6.07) is 0. The molecule has 3 fully saturated rings. The highest BCUT2D eigenvalue weighted by molar-refractivity contribution is 5.66. The third-order valence-corrected chi connectivity index (χ3v) is 9.83. The number of hydrogen-bond donors (Lipinski definition) is 1. The Balaban J connectivity index is 1.74. The molecule has 1 N–H and O–H groups in total. The lowest BCUT2D eigenvalue weighted by Gasteiger charge is -2.54. The van der Waals surface area contributed by atoms with Gasteiger partial charge in [0.1, 0.15) is 5.94 Å². The number of hydrogen-bond acceptors (Lipinski definition) is 2. The van der Waals surface area contributed by atoms with Gasteiger partial charge in [0.2, 0.25) is 0 Å². The maximum atomic E-state index is 11.7.